The molecule has 0 saturated heterocycles. The zero-order valence-corrected chi connectivity index (χ0v) is 12.1. The lowest BCUT2D eigenvalue weighted by Crippen LogP contribution is -2.41. The molecule has 2 rings (SSSR count). The standard InChI is InChI=1S/C15H22N2O3/c1-19-13-11(4-3-9-17-13)10-15(14(18)20-2)7-5-12(16)6-8-15/h3-4,9,12H,5-8,10,16H2,1-2H3. The molecule has 5 nitrogen and oxygen atoms in total. The average molecular weight is 278 g/mol. The highest BCUT2D eigenvalue weighted by Gasteiger charge is 2.42. The maximum atomic E-state index is 12.3. The van der Waals surface area contributed by atoms with Crippen LogP contribution in [0.15, 0.2) is 18.3 Å². The molecule has 0 amide bonds. The highest BCUT2D eigenvalue weighted by Crippen LogP contribution is 2.41. The zero-order valence-electron chi connectivity index (χ0n) is 12.1. The number of carbonyl (C=O) groups is 1. The van der Waals surface area contributed by atoms with Crippen LogP contribution in [0.2, 0.25) is 0 Å². The Hall–Kier alpha value is -1.62. The molecule has 1 heterocycles. The molecular formula is C15H22N2O3. The van der Waals surface area contributed by atoms with E-state index in [4.69, 9.17) is 15.2 Å². The number of esters is 1. The molecule has 1 aromatic rings. The van der Waals surface area contributed by atoms with Gasteiger partial charge in [0, 0.05) is 17.8 Å². The van der Waals surface area contributed by atoms with Gasteiger partial charge in [-0.2, -0.15) is 0 Å². The topological polar surface area (TPSA) is 74.4 Å². The lowest BCUT2D eigenvalue weighted by Gasteiger charge is -2.37. The number of nitrogens with zero attached hydrogens (tertiary/aromatic N) is 1. The summed E-state index contributed by atoms with van der Waals surface area (Å²) < 4.78 is 10.3. The summed E-state index contributed by atoms with van der Waals surface area (Å²) in [6, 6.07) is 3.99. The third kappa shape index (κ3) is 2.93. The first kappa shape index (κ1) is 14.8. The SMILES string of the molecule is COC(=O)C1(Cc2cccnc2OC)CCC(N)CC1. The lowest BCUT2D eigenvalue weighted by atomic mass is 9.69. The van der Waals surface area contributed by atoms with Gasteiger partial charge in [0.05, 0.1) is 19.6 Å². The van der Waals surface area contributed by atoms with E-state index in [0.717, 1.165) is 31.2 Å². The van der Waals surface area contributed by atoms with E-state index in [9.17, 15) is 4.79 Å². The molecule has 1 aliphatic rings. The van der Waals surface area contributed by atoms with Crippen LogP contribution in [0.3, 0.4) is 0 Å². The van der Waals surface area contributed by atoms with Crippen LogP contribution in [0.5, 0.6) is 5.88 Å². The summed E-state index contributed by atoms with van der Waals surface area (Å²) in [6.45, 7) is 0. The zero-order chi connectivity index (χ0) is 14.6. The van der Waals surface area contributed by atoms with E-state index in [1.807, 2.05) is 12.1 Å². The third-order valence-corrected chi connectivity index (χ3v) is 4.18. The minimum atomic E-state index is -0.499. The molecule has 0 radical (unpaired) electrons. The molecule has 0 unspecified atom stereocenters. The van der Waals surface area contributed by atoms with Crippen LogP contribution >= 0.6 is 0 Å². The molecule has 1 aliphatic carbocycles. The second-order valence-electron chi connectivity index (χ2n) is 5.46. The summed E-state index contributed by atoms with van der Waals surface area (Å²) in [6.07, 6.45) is 5.46. The van der Waals surface area contributed by atoms with Gasteiger partial charge in [0.25, 0.3) is 0 Å². The lowest BCUT2D eigenvalue weighted by molar-refractivity contribution is -0.155. The Morgan fingerprint density at radius 2 is 2.15 bits per heavy atom. The molecule has 20 heavy (non-hydrogen) atoms. The summed E-state index contributed by atoms with van der Waals surface area (Å²) in [4.78, 5) is 16.5. The van der Waals surface area contributed by atoms with Crippen molar-refractivity contribution in [3.05, 3.63) is 23.9 Å². The highest BCUT2D eigenvalue weighted by molar-refractivity contribution is 5.77. The number of hydrogen-bond acceptors (Lipinski definition) is 5. The third-order valence-electron chi connectivity index (χ3n) is 4.18. The minimum Gasteiger partial charge on any atom is -0.481 e. The van der Waals surface area contributed by atoms with Gasteiger partial charge in [-0.1, -0.05) is 6.07 Å². The highest BCUT2D eigenvalue weighted by atomic mass is 16.5. The normalized spacial score (nSPS) is 26.1. The van der Waals surface area contributed by atoms with Gasteiger partial charge < -0.3 is 15.2 Å². The van der Waals surface area contributed by atoms with Crippen molar-refractivity contribution in [1.82, 2.24) is 4.98 Å². The Bertz CT molecular complexity index is 468. The van der Waals surface area contributed by atoms with E-state index < -0.39 is 5.41 Å². The molecule has 1 aromatic heterocycles. The minimum absolute atomic E-state index is 0.157. The van der Waals surface area contributed by atoms with E-state index in [2.05, 4.69) is 4.98 Å². The van der Waals surface area contributed by atoms with Crippen molar-refractivity contribution >= 4 is 5.97 Å². The molecule has 5 heteroatoms. The van der Waals surface area contributed by atoms with Crippen molar-refractivity contribution < 1.29 is 14.3 Å². The van der Waals surface area contributed by atoms with Crippen LogP contribution in [-0.2, 0) is 16.0 Å². The number of hydrogen-bond donors (Lipinski definition) is 1. The average Bonchev–Trinajstić information content (AvgIpc) is 2.49. The number of pyridine rings is 1. The Kier molecular flexibility index (Phi) is 4.60. The molecular weight excluding hydrogens is 256 g/mol. The summed E-state index contributed by atoms with van der Waals surface area (Å²) in [5.41, 5.74) is 6.40. The number of ether oxygens (including phenoxy) is 2. The Morgan fingerprint density at radius 1 is 1.45 bits per heavy atom. The fourth-order valence-electron chi connectivity index (χ4n) is 2.97. The van der Waals surface area contributed by atoms with Crippen molar-refractivity contribution in [1.29, 1.82) is 0 Å². The maximum absolute atomic E-state index is 12.3. The molecule has 1 fully saturated rings. The summed E-state index contributed by atoms with van der Waals surface area (Å²) in [7, 11) is 3.03. The fraction of sp³-hybridized carbons (Fsp3) is 0.600. The second kappa shape index (κ2) is 6.22. The van der Waals surface area contributed by atoms with E-state index in [0.29, 0.717) is 12.3 Å². The largest absolute Gasteiger partial charge is 0.481 e. The molecule has 0 aromatic carbocycles. The predicted molar refractivity (Wildman–Crippen MR) is 75.4 cm³/mol. The van der Waals surface area contributed by atoms with Crippen molar-refractivity contribution in [3.63, 3.8) is 0 Å². The van der Waals surface area contributed by atoms with E-state index in [1.54, 1.807) is 13.3 Å². The molecule has 0 atom stereocenters. The first-order chi connectivity index (χ1) is 9.61. The molecule has 1 saturated carbocycles. The van der Waals surface area contributed by atoms with Crippen LogP contribution in [-0.4, -0.2) is 31.2 Å². The van der Waals surface area contributed by atoms with Gasteiger partial charge in [0.1, 0.15) is 0 Å². The Labute approximate surface area is 119 Å². The van der Waals surface area contributed by atoms with Crippen LogP contribution in [0.25, 0.3) is 0 Å². The van der Waals surface area contributed by atoms with E-state index in [-0.39, 0.29) is 12.0 Å². The smallest absolute Gasteiger partial charge is 0.312 e. The Morgan fingerprint density at radius 3 is 2.75 bits per heavy atom. The number of rotatable bonds is 4. The maximum Gasteiger partial charge on any atom is 0.312 e. The van der Waals surface area contributed by atoms with Gasteiger partial charge in [-0.15, -0.1) is 0 Å². The van der Waals surface area contributed by atoms with Crippen molar-refractivity contribution in [2.24, 2.45) is 11.1 Å². The van der Waals surface area contributed by atoms with Crippen LogP contribution in [0.1, 0.15) is 31.2 Å². The number of carbonyl (C=O) groups excluding carboxylic acids is 1. The number of methoxy groups -OCH3 is 2. The van der Waals surface area contributed by atoms with Crippen molar-refractivity contribution in [3.8, 4) is 5.88 Å². The Balaban J connectivity index is 2.26. The van der Waals surface area contributed by atoms with Gasteiger partial charge in [0.2, 0.25) is 5.88 Å². The van der Waals surface area contributed by atoms with Gasteiger partial charge in [-0.25, -0.2) is 4.98 Å². The number of aromatic nitrogens is 1. The monoisotopic (exact) mass is 278 g/mol. The second-order valence-corrected chi connectivity index (χ2v) is 5.46. The molecule has 110 valence electrons. The van der Waals surface area contributed by atoms with Crippen molar-refractivity contribution in [2.75, 3.05) is 14.2 Å². The van der Waals surface area contributed by atoms with E-state index in [1.165, 1.54) is 7.11 Å². The van der Waals surface area contributed by atoms with Gasteiger partial charge in [-0.05, 0) is 38.2 Å². The van der Waals surface area contributed by atoms with Gasteiger partial charge in [-0.3, -0.25) is 4.79 Å². The van der Waals surface area contributed by atoms with Crippen molar-refractivity contribution in [2.45, 2.75) is 38.1 Å². The summed E-state index contributed by atoms with van der Waals surface area (Å²) in [5.74, 6) is 0.418. The van der Waals surface area contributed by atoms with Crippen LogP contribution in [0.4, 0.5) is 0 Å². The molecule has 0 spiro atoms. The first-order valence-electron chi connectivity index (χ1n) is 6.93. The molecule has 0 bridgehead atoms. The molecule has 0 aliphatic heterocycles. The first-order valence-corrected chi connectivity index (χ1v) is 6.93. The van der Waals surface area contributed by atoms with Crippen LogP contribution in [0, 0.1) is 5.41 Å². The van der Waals surface area contributed by atoms with Gasteiger partial charge in [0.15, 0.2) is 0 Å². The predicted octanol–water partition coefficient (Wildman–Crippen LogP) is 1.69. The van der Waals surface area contributed by atoms with E-state index >= 15 is 0 Å². The van der Waals surface area contributed by atoms with Gasteiger partial charge >= 0.3 is 5.97 Å². The molecule has 2 N–H and O–H groups in total. The summed E-state index contributed by atoms with van der Waals surface area (Å²) in [5, 5.41) is 0. The number of nitrogens with two attached hydrogens (primary N) is 1. The quantitative estimate of drug-likeness (QED) is 0.848. The van der Waals surface area contributed by atoms with Crippen LogP contribution < -0.4 is 10.5 Å². The summed E-state index contributed by atoms with van der Waals surface area (Å²) >= 11 is 0. The fourth-order valence-corrected chi connectivity index (χ4v) is 2.97.